The number of ether oxygens (including phenoxy) is 1. The summed E-state index contributed by atoms with van der Waals surface area (Å²) in [6.07, 6.45) is 1.22. The van der Waals surface area contributed by atoms with Crippen LogP contribution in [0.4, 0.5) is 0 Å². The van der Waals surface area contributed by atoms with Crippen molar-refractivity contribution < 1.29 is 14.6 Å². The quantitative estimate of drug-likeness (QED) is 0.812. The van der Waals surface area contributed by atoms with Crippen LogP contribution in [0, 0.1) is 20.8 Å². The fourth-order valence-corrected chi connectivity index (χ4v) is 2.35. The summed E-state index contributed by atoms with van der Waals surface area (Å²) in [4.78, 5) is 11.8. The Morgan fingerprint density at radius 2 is 1.71 bits per heavy atom. The van der Waals surface area contributed by atoms with Crippen LogP contribution >= 0.6 is 0 Å². The van der Waals surface area contributed by atoms with Crippen molar-refractivity contribution in [2.45, 2.75) is 53.1 Å². The molecule has 0 radical (unpaired) electrons. The molecule has 21 heavy (non-hydrogen) atoms. The minimum atomic E-state index is -0.828. The fraction of sp³-hybridized carbons (Fsp3) is 0.588. The van der Waals surface area contributed by atoms with Gasteiger partial charge in [0.25, 0.3) is 5.91 Å². The second-order valence-corrected chi connectivity index (χ2v) is 5.72. The van der Waals surface area contributed by atoms with Crippen molar-refractivity contribution in [3.05, 3.63) is 28.8 Å². The highest BCUT2D eigenvalue weighted by Gasteiger charge is 2.22. The maximum absolute atomic E-state index is 11.8. The second-order valence-electron chi connectivity index (χ2n) is 5.72. The first-order valence-corrected chi connectivity index (χ1v) is 7.51. The van der Waals surface area contributed by atoms with E-state index in [1.165, 1.54) is 5.56 Å². The van der Waals surface area contributed by atoms with Crippen molar-refractivity contribution in [1.29, 1.82) is 0 Å². The summed E-state index contributed by atoms with van der Waals surface area (Å²) in [6.45, 7) is 10.0. The molecule has 0 atom stereocenters. The van der Waals surface area contributed by atoms with Crippen LogP contribution in [0.5, 0.6) is 5.75 Å². The highest BCUT2D eigenvalue weighted by molar-refractivity contribution is 5.77. The maximum atomic E-state index is 11.8. The van der Waals surface area contributed by atoms with Crippen LogP contribution in [0.1, 0.15) is 43.4 Å². The Morgan fingerprint density at radius 3 is 2.19 bits per heavy atom. The Bertz CT molecular complexity index is 470. The van der Waals surface area contributed by atoms with Gasteiger partial charge in [0.1, 0.15) is 5.75 Å². The van der Waals surface area contributed by atoms with Gasteiger partial charge in [0.2, 0.25) is 0 Å². The molecule has 0 saturated carbocycles. The standard InChI is InChI=1S/C17H27NO3/c1-6-17(20,7-2)11-18-15(19)10-21-16-13(4)8-12(3)9-14(16)5/h8-9,20H,6-7,10-11H2,1-5H3,(H,18,19). The van der Waals surface area contributed by atoms with Crippen molar-refractivity contribution >= 4 is 5.91 Å². The van der Waals surface area contributed by atoms with Gasteiger partial charge in [0.15, 0.2) is 6.61 Å². The molecule has 0 aliphatic heterocycles. The zero-order valence-electron chi connectivity index (χ0n) is 13.7. The zero-order valence-corrected chi connectivity index (χ0v) is 13.7. The average Bonchev–Trinajstić information content (AvgIpc) is 2.43. The van der Waals surface area contributed by atoms with E-state index >= 15 is 0 Å². The average molecular weight is 293 g/mol. The third-order valence-electron chi connectivity index (χ3n) is 3.88. The number of carbonyl (C=O) groups excluding carboxylic acids is 1. The molecule has 4 heteroatoms. The Hall–Kier alpha value is -1.55. The Kier molecular flexibility index (Phi) is 6.21. The molecule has 0 aliphatic rings. The molecule has 4 nitrogen and oxygen atoms in total. The molecule has 118 valence electrons. The number of carbonyl (C=O) groups is 1. The third kappa shape index (κ3) is 5.05. The van der Waals surface area contributed by atoms with Gasteiger partial charge in [-0.25, -0.2) is 0 Å². The van der Waals surface area contributed by atoms with E-state index in [1.54, 1.807) is 0 Å². The zero-order chi connectivity index (χ0) is 16.0. The van der Waals surface area contributed by atoms with Gasteiger partial charge < -0.3 is 15.2 Å². The molecular formula is C17H27NO3. The van der Waals surface area contributed by atoms with E-state index in [9.17, 15) is 9.90 Å². The van der Waals surface area contributed by atoms with Gasteiger partial charge >= 0.3 is 0 Å². The molecule has 0 unspecified atom stereocenters. The number of hydrogen-bond acceptors (Lipinski definition) is 3. The molecule has 2 N–H and O–H groups in total. The molecule has 0 saturated heterocycles. The highest BCUT2D eigenvalue weighted by atomic mass is 16.5. The lowest BCUT2D eigenvalue weighted by Gasteiger charge is -2.25. The predicted octanol–water partition coefficient (Wildman–Crippen LogP) is 2.66. The van der Waals surface area contributed by atoms with Crippen LogP contribution in [-0.4, -0.2) is 29.8 Å². The van der Waals surface area contributed by atoms with Crippen molar-refractivity contribution in [2.24, 2.45) is 0 Å². The van der Waals surface area contributed by atoms with E-state index in [2.05, 4.69) is 5.32 Å². The fourth-order valence-electron chi connectivity index (χ4n) is 2.35. The Balaban J connectivity index is 2.54. The number of amides is 1. The molecule has 0 spiro atoms. The summed E-state index contributed by atoms with van der Waals surface area (Å²) in [5.74, 6) is 0.548. The van der Waals surface area contributed by atoms with Gasteiger partial charge in [-0.15, -0.1) is 0 Å². The van der Waals surface area contributed by atoms with Crippen LogP contribution in [0.3, 0.4) is 0 Å². The molecule has 1 amide bonds. The molecule has 1 aromatic rings. The first kappa shape index (κ1) is 17.5. The monoisotopic (exact) mass is 293 g/mol. The number of nitrogens with one attached hydrogen (secondary N) is 1. The number of aliphatic hydroxyl groups is 1. The van der Waals surface area contributed by atoms with Crippen LogP contribution in [0.15, 0.2) is 12.1 Å². The van der Waals surface area contributed by atoms with Crippen LogP contribution in [0.25, 0.3) is 0 Å². The Morgan fingerprint density at radius 1 is 1.19 bits per heavy atom. The van der Waals surface area contributed by atoms with Crippen molar-refractivity contribution in [1.82, 2.24) is 5.32 Å². The summed E-state index contributed by atoms with van der Waals surface area (Å²) in [5, 5.41) is 12.9. The van der Waals surface area contributed by atoms with Gasteiger partial charge in [-0.1, -0.05) is 31.5 Å². The lowest BCUT2D eigenvalue weighted by Crippen LogP contribution is -2.43. The molecule has 0 aromatic heterocycles. The van der Waals surface area contributed by atoms with Crippen molar-refractivity contribution in [3.63, 3.8) is 0 Å². The largest absolute Gasteiger partial charge is 0.483 e. The smallest absolute Gasteiger partial charge is 0.258 e. The summed E-state index contributed by atoms with van der Waals surface area (Å²) in [5.41, 5.74) is 2.40. The van der Waals surface area contributed by atoms with Crippen LogP contribution < -0.4 is 10.1 Å². The molecule has 0 aliphatic carbocycles. The van der Waals surface area contributed by atoms with Crippen LogP contribution in [0.2, 0.25) is 0 Å². The molecular weight excluding hydrogens is 266 g/mol. The number of rotatable bonds is 7. The molecule has 0 heterocycles. The molecule has 1 aromatic carbocycles. The van der Waals surface area contributed by atoms with Gasteiger partial charge in [0, 0.05) is 6.54 Å². The molecule has 0 fully saturated rings. The van der Waals surface area contributed by atoms with Crippen molar-refractivity contribution in [3.8, 4) is 5.75 Å². The second kappa shape index (κ2) is 7.46. The van der Waals surface area contributed by atoms with Crippen molar-refractivity contribution in [2.75, 3.05) is 13.2 Å². The van der Waals surface area contributed by atoms with Gasteiger partial charge in [-0.05, 0) is 44.7 Å². The van der Waals surface area contributed by atoms with E-state index in [4.69, 9.17) is 4.74 Å². The van der Waals surface area contributed by atoms with E-state index in [-0.39, 0.29) is 19.1 Å². The lowest BCUT2D eigenvalue weighted by molar-refractivity contribution is -0.124. The Labute approximate surface area is 127 Å². The first-order valence-electron chi connectivity index (χ1n) is 7.51. The van der Waals surface area contributed by atoms with E-state index in [0.29, 0.717) is 12.8 Å². The summed E-state index contributed by atoms with van der Waals surface area (Å²) < 4.78 is 5.62. The van der Waals surface area contributed by atoms with Gasteiger partial charge in [-0.2, -0.15) is 0 Å². The normalized spacial score (nSPS) is 11.3. The first-order chi connectivity index (χ1) is 9.81. The highest BCUT2D eigenvalue weighted by Crippen LogP contribution is 2.24. The van der Waals surface area contributed by atoms with Crippen LogP contribution in [-0.2, 0) is 4.79 Å². The molecule has 0 bridgehead atoms. The summed E-state index contributed by atoms with van der Waals surface area (Å²) >= 11 is 0. The molecule has 1 rings (SSSR count). The minimum Gasteiger partial charge on any atom is -0.483 e. The minimum absolute atomic E-state index is 0.0335. The van der Waals surface area contributed by atoms with Gasteiger partial charge in [0.05, 0.1) is 5.60 Å². The maximum Gasteiger partial charge on any atom is 0.258 e. The number of benzene rings is 1. The topological polar surface area (TPSA) is 58.6 Å². The van der Waals surface area contributed by atoms with Gasteiger partial charge in [-0.3, -0.25) is 4.79 Å². The third-order valence-corrected chi connectivity index (χ3v) is 3.88. The van der Waals surface area contributed by atoms with E-state index in [1.807, 2.05) is 46.8 Å². The lowest BCUT2D eigenvalue weighted by atomic mass is 9.98. The van der Waals surface area contributed by atoms with E-state index in [0.717, 1.165) is 16.9 Å². The predicted molar refractivity (Wildman–Crippen MR) is 84.7 cm³/mol. The number of aryl methyl sites for hydroxylation is 3. The summed E-state index contributed by atoms with van der Waals surface area (Å²) in [7, 11) is 0. The van der Waals surface area contributed by atoms with E-state index < -0.39 is 5.60 Å². The summed E-state index contributed by atoms with van der Waals surface area (Å²) in [6, 6.07) is 4.07. The number of hydrogen-bond donors (Lipinski definition) is 2. The SMILES string of the molecule is CCC(O)(CC)CNC(=O)COc1c(C)cc(C)cc1C.